The summed E-state index contributed by atoms with van der Waals surface area (Å²) in [5.74, 6) is 6.76. The van der Waals surface area contributed by atoms with E-state index in [2.05, 4.69) is 33.9 Å². The molecular weight excluding hydrogens is 230 g/mol. The maximum atomic E-state index is 5.35. The average molecular weight is 243 g/mol. The van der Waals surface area contributed by atoms with Crippen molar-refractivity contribution in [1.82, 2.24) is 9.97 Å². The first-order valence-corrected chi connectivity index (χ1v) is 6.27. The maximum absolute atomic E-state index is 5.35. The fourth-order valence-corrected chi connectivity index (χ4v) is 2.14. The smallest absolute Gasteiger partial charge is 0.165 e. The number of aromatic amines is 1. The Hall–Kier alpha value is -1.70. The van der Waals surface area contributed by atoms with Crippen molar-refractivity contribution in [3.8, 4) is 11.8 Å². The van der Waals surface area contributed by atoms with Crippen molar-refractivity contribution in [3.05, 3.63) is 47.8 Å². The highest BCUT2D eigenvalue weighted by Gasteiger charge is 1.98. The second kappa shape index (κ2) is 6.14. The van der Waals surface area contributed by atoms with E-state index in [0.29, 0.717) is 6.54 Å². The fraction of sp³-hybridized carbons (Fsp3) is 0.154. The molecule has 3 N–H and O–H groups in total. The topological polar surface area (TPSA) is 54.7 Å². The molecule has 17 heavy (non-hydrogen) atoms. The van der Waals surface area contributed by atoms with E-state index in [1.807, 2.05) is 18.3 Å². The van der Waals surface area contributed by atoms with Gasteiger partial charge in [-0.25, -0.2) is 4.98 Å². The van der Waals surface area contributed by atoms with Crippen LogP contribution in [0.4, 0.5) is 0 Å². The molecule has 1 aromatic heterocycles. The number of hydrogen-bond donors (Lipinski definition) is 2. The Morgan fingerprint density at radius 1 is 1.41 bits per heavy atom. The number of rotatable bonds is 3. The average Bonchev–Trinajstić information content (AvgIpc) is 2.87. The zero-order valence-electron chi connectivity index (χ0n) is 9.31. The molecule has 2 aromatic rings. The van der Waals surface area contributed by atoms with Gasteiger partial charge in [0, 0.05) is 23.7 Å². The van der Waals surface area contributed by atoms with E-state index < -0.39 is 0 Å². The van der Waals surface area contributed by atoms with Crippen LogP contribution in [0.3, 0.4) is 0 Å². The van der Waals surface area contributed by atoms with Crippen molar-refractivity contribution in [2.24, 2.45) is 5.73 Å². The van der Waals surface area contributed by atoms with Crippen LogP contribution in [0.15, 0.2) is 41.8 Å². The van der Waals surface area contributed by atoms with Crippen molar-refractivity contribution in [2.45, 2.75) is 10.9 Å². The number of nitrogens with zero attached hydrogens (tertiary/aromatic N) is 1. The van der Waals surface area contributed by atoms with Gasteiger partial charge in [0.05, 0.1) is 6.54 Å². The Labute approximate surface area is 105 Å². The second-order valence-corrected chi connectivity index (χ2v) is 4.35. The molecule has 1 aromatic carbocycles. The van der Waals surface area contributed by atoms with E-state index in [4.69, 9.17) is 5.73 Å². The van der Waals surface area contributed by atoms with E-state index in [1.165, 1.54) is 5.56 Å². The van der Waals surface area contributed by atoms with Crippen molar-refractivity contribution >= 4 is 11.8 Å². The molecule has 0 radical (unpaired) electrons. The van der Waals surface area contributed by atoms with Gasteiger partial charge in [-0.15, -0.1) is 0 Å². The number of aromatic nitrogens is 2. The monoisotopic (exact) mass is 243 g/mol. The van der Waals surface area contributed by atoms with E-state index in [0.717, 1.165) is 16.5 Å². The molecule has 2 rings (SSSR count). The van der Waals surface area contributed by atoms with Crippen LogP contribution >= 0.6 is 11.8 Å². The van der Waals surface area contributed by atoms with E-state index in [1.54, 1.807) is 18.0 Å². The summed E-state index contributed by atoms with van der Waals surface area (Å²) in [7, 11) is 0. The van der Waals surface area contributed by atoms with Crippen LogP contribution in [0.25, 0.3) is 0 Å². The molecule has 4 heteroatoms. The van der Waals surface area contributed by atoms with Gasteiger partial charge in [0.25, 0.3) is 0 Å². The Morgan fingerprint density at radius 3 is 3.12 bits per heavy atom. The van der Waals surface area contributed by atoms with Gasteiger partial charge < -0.3 is 10.7 Å². The van der Waals surface area contributed by atoms with Crippen LogP contribution < -0.4 is 5.73 Å². The SMILES string of the molecule is NCC#Cc1cccc(CSc2ncc[nH]2)c1. The first-order valence-electron chi connectivity index (χ1n) is 5.28. The van der Waals surface area contributed by atoms with Crippen molar-refractivity contribution in [2.75, 3.05) is 6.54 Å². The highest BCUT2D eigenvalue weighted by Crippen LogP contribution is 2.19. The Morgan fingerprint density at radius 2 is 2.35 bits per heavy atom. The Balaban J connectivity index is 2.01. The summed E-state index contributed by atoms with van der Waals surface area (Å²) in [5.41, 5.74) is 7.59. The molecule has 0 atom stereocenters. The third-order valence-corrected chi connectivity index (χ3v) is 3.08. The van der Waals surface area contributed by atoms with Gasteiger partial charge in [-0.2, -0.15) is 0 Å². The predicted molar refractivity (Wildman–Crippen MR) is 70.5 cm³/mol. The molecule has 0 spiro atoms. The molecule has 0 fully saturated rings. The van der Waals surface area contributed by atoms with Crippen LogP contribution in [-0.2, 0) is 5.75 Å². The van der Waals surface area contributed by atoms with Gasteiger partial charge in [-0.1, -0.05) is 35.7 Å². The number of nitrogens with two attached hydrogens (primary N) is 1. The minimum atomic E-state index is 0.394. The summed E-state index contributed by atoms with van der Waals surface area (Å²) >= 11 is 1.67. The Bertz CT molecular complexity index is 523. The molecule has 0 aliphatic carbocycles. The summed E-state index contributed by atoms with van der Waals surface area (Å²) in [4.78, 5) is 7.23. The van der Waals surface area contributed by atoms with Crippen molar-refractivity contribution in [1.29, 1.82) is 0 Å². The van der Waals surface area contributed by atoms with Crippen molar-refractivity contribution < 1.29 is 0 Å². The molecule has 3 nitrogen and oxygen atoms in total. The molecule has 0 saturated heterocycles. The van der Waals surface area contributed by atoms with E-state index in [9.17, 15) is 0 Å². The summed E-state index contributed by atoms with van der Waals surface area (Å²) in [6.45, 7) is 0.394. The lowest BCUT2D eigenvalue weighted by Gasteiger charge is -2.00. The number of H-pyrrole nitrogens is 1. The lowest BCUT2D eigenvalue weighted by Crippen LogP contribution is -1.93. The standard InChI is InChI=1S/C13H13N3S/c14-6-2-5-11-3-1-4-12(9-11)10-17-13-15-7-8-16-13/h1,3-4,7-9H,6,10,14H2,(H,15,16). The maximum Gasteiger partial charge on any atom is 0.165 e. The number of nitrogens with one attached hydrogen (secondary N) is 1. The van der Waals surface area contributed by atoms with Crippen LogP contribution in [0.5, 0.6) is 0 Å². The van der Waals surface area contributed by atoms with Crippen LogP contribution in [0.1, 0.15) is 11.1 Å². The second-order valence-electron chi connectivity index (χ2n) is 3.39. The van der Waals surface area contributed by atoms with Gasteiger partial charge in [-0.3, -0.25) is 0 Å². The van der Waals surface area contributed by atoms with Gasteiger partial charge in [-0.05, 0) is 17.7 Å². The number of imidazole rings is 1. The van der Waals surface area contributed by atoms with Gasteiger partial charge in [0.2, 0.25) is 0 Å². The normalized spacial score (nSPS) is 9.71. The van der Waals surface area contributed by atoms with Gasteiger partial charge in [0.1, 0.15) is 0 Å². The first-order chi connectivity index (χ1) is 8.38. The molecule has 0 aliphatic rings. The van der Waals surface area contributed by atoms with E-state index >= 15 is 0 Å². The summed E-state index contributed by atoms with van der Waals surface area (Å²) < 4.78 is 0. The molecule has 1 heterocycles. The molecule has 0 saturated carbocycles. The number of hydrogen-bond acceptors (Lipinski definition) is 3. The highest BCUT2D eigenvalue weighted by molar-refractivity contribution is 7.98. The highest BCUT2D eigenvalue weighted by atomic mass is 32.2. The molecular formula is C13H13N3S. The van der Waals surface area contributed by atoms with Crippen LogP contribution in [0, 0.1) is 11.8 Å². The Kier molecular flexibility index (Phi) is 4.25. The summed E-state index contributed by atoms with van der Waals surface area (Å²) in [6.07, 6.45) is 3.58. The van der Waals surface area contributed by atoms with Crippen LogP contribution in [-0.4, -0.2) is 16.5 Å². The molecule has 86 valence electrons. The van der Waals surface area contributed by atoms with Crippen molar-refractivity contribution in [3.63, 3.8) is 0 Å². The van der Waals surface area contributed by atoms with Crippen LogP contribution in [0.2, 0.25) is 0 Å². The minimum absolute atomic E-state index is 0.394. The molecule has 0 unspecified atom stereocenters. The zero-order valence-corrected chi connectivity index (χ0v) is 10.1. The lowest BCUT2D eigenvalue weighted by atomic mass is 10.1. The minimum Gasteiger partial charge on any atom is -0.340 e. The summed E-state index contributed by atoms with van der Waals surface area (Å²) in [6, 6.07) is 8.17. The third kappa shape index (κ3) is 3.66. The number of thioether (sulfide) groups is 1. The third-order valence-electron chi connectivity index (χ3n) is 2.11. The quantitative estimate of drug-likeness (QED) is 0.640. The molecule has 0 bridgehead atoms. The molecule has 0 aliphatic heterocycles. The first kappa shape index (κ1) is 11.8. The lowest BCUT2D eigenvalue weighted by molar-refractivity contribution is 1.06. The van der Waals surface area contributed by atoms with Gasteiger partial charge >= 0.3 is 0 Å². The summed E-state index contributed by atoms with van der Waals surface area (Å²) in [5, 5.41) is 0.934. The largest absolute Gasteiger partial charge is 0.340 e. The van der Waals surface area contributed by atoms with E-state index in [-0.39, 0.29) is 0 Å². The molecule has 0 amide bonds. The number of benzene rings is 1. The fourth-order valence-electron chi connectivity index (χ4n) is 1.37. The predicted octanol–water partition coefficient (Wildman–Crippen LogP) is 2.01. The zero-order chi connectivity index (χ0) is 11.9. The van der Waals surface area contributed by atoms with Gasteiger partial charge in [0.15, 0.2) is 5.16 Å².